The van der Waals surface area contributed by atoms with Crippen molar-refractivity contribution >= 4 is 0 Å². The maximum atomic E-state index is 14.0. The van der Waals surface area contributed by atoms with Gasteiger partial charge in [0.1, 0.15) is 0 Å². The number of benzene rings is 1. The molecule has 1 atom stereocenters. The number of unbranched alkanes of at least 4 members (excludes halogenated alkanes) is 2. The number of hydrogen-bond acceptors (Lipinski definition) is 3. The highest BCUT2D eigenvalue weighted by Gasteiger charge is 2.13. The number of halogens is 1. The number of rotatable bonds is 8. The lowest BCUT2D eigenvalue weighted by atomic mass is 10.0. The molecule has 0 saturated heterocycles. The molecule has 18 heavy (non-hydrogen) atoms. The molecule has 0 aromatic heterocycles. The van der Waals surface area contributed by atoms with Crippen LogP contribution in [0.1, 0.15) is 38.2 Å². The highest BCUT2D eigenvalue weighted by Crippen LogP contribution is 2.21. The van der Waals surface area contributed by atoms with E-state index in [9.17, 15) is 4.39 Å². The van der Waals surface area contributed by atoms with E-state index in [1.807, 2.05) is 0 Å². The first-order chi connectivity index (χ1) is 8.72. The lowest BCUT2D eigenvalue weighted by Gasteiger charge is -2.16. The van der Waals surface area contributed by atoms with E-state index in [1.165, 1.54) is 20.0 Å². The maximum absolute atomic E-state index is 14.0. The fourth-order valence-electron chi connectivity index (χ4n) is 2.02. The number of methoxy groups -OCH3 is 1. The van der Waals surface area contributed by atoms with Crippen LogP contribution in [0.5, 0.6) is 5.75 Å². The van der Waals surface area contributed by atoms with Gasteiger partial charge in [0.2, 0.25) is 0 Å². The average Bonchev–Trinajstić information content (AvgIpc) is 2.40. The predicted molar refractivity (Wildman–Crippen MR) is 71.9 cm³/mol. The topological polar surface area (TPSA) is 47.3 Å². The van der Waals surface area contributed by atoms with Crippen molar-refractivity contribution < 1.29 is 9.13 Å². The zero-order valence-electron chi connectivity index (χ0n) is 11.2. The Bertz CT molecular complexity index is 358. The van der Waals surface area contributed by atoms with Crippen LogP contribution in [0, 0.1) is 5.82 Å². The van der Waals surface area contributed by atoms with Crippen LogP contribution in [-0.2, 0) is 6.42 Å². The number of nitrogens with one attached hydrogen (secondary N) is 1. The van der Waals surface area contributed by atoms with Gasteiger partial charge in [-0.25, -0.2) is 4.39 Å². The summed E-state index contributed by atoms with van der Waals surface area (Å²) in [7, 11) is 1.47. The number of hydrazine groups is 1. The van der Waals surface area contributed by atoms with Crippen molar-refractivity contribution in [2.24, 2.45) is 5.84 Å². The molecule has 1 aromatic carbocycles. The third kappa shape index (κ3) is 4.27. The Morgan fingerprint density at radius 2 is 2.17 bits per heavy atom. The average molecular weight is 254 g/mol. The van der Waals surface area contributed by atoms with Crippen molar-refractivity contribution in [2.75, 3.05) is 7.11 Å². The molecule has 3 N–H and O–H groups in total. The number of hydrogen-bond donors (Lipinski definition) is 2. The normalized spacial score (nSPS) is 12.4. The SMILES string of the molecule is CCCCCC(Cc1cccc(OC)c1F)NN. The van der Waals surface area contributed by atoms with Crippen LogP contribution in [0.4, 0.5) is 4.39 Å². The van der Waals surface area contributed by atoms with Crippen LogP contribution < -0.4 is 16.0 Å². The van der Waals surface area contributed by atoms with Crippen molar-refractivity contribution in [1.29, 1.82) is 0 Å². The molecule has 102 valence electrons. The van der Waals surface area contributed by atoms with Gasteiger partial charge >= 0.3 is 0 Å². The third-order valence-corrected chi connectivity index (χ3v) is 3.12. The number of ether oxygens (including phenoxy) is 1. The van der Waals surface area contributed by atoms with Crippen molar-refractivity contribution in [1.82, 2.24) is 5.43 Å². The van der Waals surface area contributed by atoms with Crippen LogP contribution >= 0.6 is 0 Å². The standard InChI is InChI=1S/C14H23FN2O/c1-3-4-5-8-12(17-16)10-11-7-6-9-13(18-2)14(11)15/h6-7,9,12,17H,3-5,8,10,16H2,1-2H3. The van der Waals surface area contributed by atoms with Gasteiger partial charge < -0.3 is 4.74 Å². The lowest BCUT2D eigenvalue weighted by Crippen LogP contribution is -2.36. The molecule has 0 bridgehead atoms. The summed E-state index contributed by atoms with van der Waals surface area (Å²) < 4.78 is 18.9. The summed E-state index contributed by atoms with van der Waals surface area (Å²) in [6.07, 6.45) is 5.00. The van der Waals surface area contributed by atoms with Crippen molar-refractivity contribution in [3.05, 3.63) is 29.6 Å². The van der Waals surface area contributed by atoms with Gasteiger partial charge in [-0.15, -0.1) is 0 Å². The molecule has 0 aliphatic carbocycles. The molecule has 1 unspecified atom stereocenters. The molecule has 0 saturated carbocycles. The van der Waals surface area contributed by atoms with Gasteiger partial charge in [0.05, 0.1) is 7.11 Å². The van der Waals surface area contributed by atoms with Crippen LogP contribution in [0.15, 0.2) is 18.2 Å². The van der Waals surface area contributed by atoms with Gasteiger partial charge in [0.25, 0.3) is 0 Å². The van der Waals surface area contributed by atoms with Gasteiger partial charge in [0.15, 0.2) is 11.6 Å². The molecule has 3 nitrogen and oxygen atoms in total. The summed E-state index contributed by atoms with van der Waals surface area (Å²) in [5, 5.41) is 0. The van der Waals surface area contributed by atoms with E-state index in [0.29, 0.717) is 12.0 Å². The Kier molecular flexibility index (Phi) is 6.68. The van der Waals surface area contributed by atoms with Crippen LogP contribution in [0.3, 0.4) is 0 Å². The first kappa shape index (κ1) is 14.9. The summed E-state index contributed by atoms with van der Waals surface area (Å²) in [5.74, 6) is 5.53. The second-order valence-corrected chi connectivity index (χ2v) is 4.50. The van der Waals surface area contributed by atoms with E-state index >= 15 is 0 Å². The number of nitrogens with two attached hydrogens (primary N) is 1. The van der Waals surface area contributed by atoms with E-state index in [1.54, 1.807) is 18.2 Å². The van der Waals surface area contributed by atoms with E-state index in [0.717, 1.165) is 12.8 Å². The zero-order valence-corrected chi connectivity index (χ0v) is 11.2. The van der Waals surface area contributed by atoms with Crippen molar-refractivity contribution in [2.45, 2.75) is 45.1 Å². The predicted octanol–water partition coefficient (Wildman–Crippen LogP) is 2.79. The second kappa shape index (κ2) is 8.06. The molecule has 0 heterocycles. The van der Waals surface area contributed by atoms with E-state index < -0.39 is 0 Å². The highest BCUT2D eigenvalue weighted by atomic mass is 19.1. The minimum Gasteiger partial charge on any atom is -0.494 e. The van der Waals surface area contributed by atoms with Gasteiger partial charge in [-0.05, 0) is 24.5 Å². The lowest BCUT2D eigenvalue weighted by molar-refractivity contribution is 0.381. The molecule has 4 heteroatoms. The van der Waals surface area contributed by atoms with Gasteiger partial charge in [0, 0.05) is 6.04 Å². The molecule has 0 amide bonds. The van der Waals surface area contributed by atoms with Crippen LogP contribution in [0.2, 0.25) is 0 Å². The Hall–Kier alpha value is -1.13. The summed E-state index contributed by atoms with van der Waals surface area (Å²) in [5.41, 5.74) is 3.41. The summed E-state index contributed by atoms with van der Waals surface area (Å²) in [4.78, 5) is 0. The Balaban J connectivity index is 2.63. The van der Waals surface area contributed by atoms with E-state index in [4.69, 9.17) is 10.6 Å². The molecule has 0 spiro atoms. The summed E-state index contributed by atoms with van der Waals surface area (Å²) in [6, 6.07) is 5.32. The molecule has 0 aliphatic heterocycles. The van der Waals surface area contributed by atoms with Crippen LogP contribution in [-0.4, -0.2) is 13.2 Å². The highest BCUT2D eigenvalue weighted by molar-refractivity contribution is 5.31. The minimum atomic E-state index is -0.282. The van der Waals surface area contributed by atoms with E-state index in [2.05, 4.69) is 12.3 Å². The zero-order chi connectivity index (χ0) is 13.4. The maximum Gasteiger partial charge on any atom is 0.168 e. The monoisotopic (exact) mass is 254 g/mol. The first-order valence-corrected chi connectivity index (χ1v) is 6.50. The Morgan fingerprint density at radius 1 is 1.39 bits per heavy atom. The van der Waals surface area contributed by atoms with E-state index in [-0.39, 0.29) is 17.6 Å². The first-order valence-electron chi connectivity index (χ1n) is 6.50. The summed E-state index contributed by atoms with van der Waals surface area (Å²) >= 11 is 0. The molecule has 1 rings (SSSR count). The summed E-state index contributed by atoms with van der Waals surface area (Å²) in [6.45, 7) is 2.16. The Morgan fingerprint density at radius 3 is 2.78 bits per heavy atom. The molecule has 1 aromatic rings. The molecular weight excluding hydrogens is 231 g/mol. The van der Waals surface area contributed by atoms with Gasteiger partial charge in [-0.3, -0.25) is 11.3 Å². The van der Waals surface area contributed by atoms with Crippen LogP contribution in [0.25, 0.3) is 0 Å². The van der Waals surface area contributed by atoms with Crippen molar-refractivity contribution in [3.8, 4) is 5.75 Å². The fraction of sp³-hybridized carbons (Fsp3) is 0.571. The third-order valence-electron chi connectivity index (χ3n) is 3.12. The molecule has 0 radical (unpaired) electrons. The van der Waals surface area contributed by atoms with Crippen molar-refractivity contribution in [3.63, 3.8) is 0 Å². The Labute approximate surface area is 108 Å². The largest absolute Gasteiger partial charge is 0.494 e. The molecule has 0 fully saturated rings. The molecular formula is C14H23FN2O. The van der Waals surface area contributed by atoms with Gasteiger partial charge in [-0.2, -0.15) is 0 Å². The minimum absolute atomic E-state index is 0.109. The fourth-order valence-corrected chi connectivity index (χ4v) is 2.02. The molecule has 0 aliphatic rings. The second-order valence-electron chi connectivity index (χ2n) is 4.50. The smallest absolute Gasteiger partial charge is 0.168 e. The quantitative estimate of drug-likeness (QED) is 0.426. The van der Waals surface area contributed by atoms with Gasteiger partial charge in [-0.1, -0.05) is 38.3 Å².